The number of carboxylic acid groups (broad SMARTS) is 1. The fourth-order valence-electron chi connectivity index (χ4n) is 2.00. The maximum Gasteiger partial charge on any atom is 0.354 e. The first-order valence-electron chi connectivity index (χ1n) is 5.68. The third kappa shape index (κ3) is 2.74. The summed E-state index contributed by atoms with van der Waals surface area (Å²) in [6.45, 7) is 1.57. The van der Waals surface area contributed by atoms with Crippen LogP contribution in [0.1, 0.15) is 23.3 Å². The molecule has 5 heteroatoms. The normalized spacial score (nSPS) is 16.8. The fourth-order valence-corrected chi connectivity index (χ4v) is 2.00. The average Bonchev–Trinajstić information content (AvgIpc) is 2.39. The highest BCUT2D eigenvalue weighted by molar-refractivity contribution is 5.85. The van der Waals surface area contributed by atoms with Gasteiger partial charge in [0.05, 0.1) is 11.9 Å². The van der Waals surface area contributed by atoms with E-state index in [0.29, 0.717) is 6.04 Å². The molecule has 0 radical (unpaired) electrons. The van der Waals surface area contributed by atoms with Crippen LogP contribution in [-0.4, -0.2) is 42.4 Å². The lowest BCUT2D eigenvalue weighted by atomic mass is 10.1. The monoisotopic (exact) mass is 236 g/mol. The van der Waals surface area contributed by atoms with Crippen molar-refractivity contribution in [2.45, 2.75) is 18.9 Å². The number of ether oxygens (including phenoxy) is 1. The van der Waals surface area contributed by atoms with Gasteiger partial charge in [-0.05, 0) is 25.0 Å². The molecule has 5 nitrogen and oxygen atoms in total. The molecule has 0 amide bonds. The lowest BCUT2D eigenvalue weighted by molar-refractivity contribution is 0.0690. The van der Waals surface area contributed by atoms with E-state index in [2.05, 4.69) is 9.88 Å². The molecular formula is C12H16N2O3. The molecule has 0 aromatic carbocycles. The van der Waals surface area contributed by atoms with E-state index >= 15 is 0 Å². The minimum atomic E-state index is -0.995. The van der Waals surface area contributed by atoms with Gasteiger partial charge in [-0.15, -0.1) is 0 Å². The molecular weight excluding hydrogens is 220 g/mol. The molecule has 2 rings (SSSR count). The third-order valence-corrected chi connectivity index (χ3v) is 3.11. The summed E-state index contributed by atoms with van der Waals surface area (Å²) in [7, 11) is 2.01. The Morgan fingerprint density at radius 3 is 2.71 bits per heavy atom. The Morgan fingerprint density at radius 2 is 2.18 bits per heavy atom. The number of anilines is 1. The van der Waals surface area contributed by atoms with Gasteiger partial charge >= 0.3 is 5.97 Å². The van der Waals surface area contributed by atoms with Crippen LogP contribution in [0.4, 0.5) is 5.69 Å². The lowest BCUT2D eigenvalue weighted by Crippen LogP contribution is -2.36. The van der Waals surface area contributed by atoms with E-state index in [0.717, 1.165) is 31.7 Å². The van der Waals surface area contributed by atoms with Crippen LogP contribution in [-0.2, 0) is 4.74 Å². The van der Waals surface area contributed by atoms with Crippen molar-refractivity contribution in [3.8, 4) is 0 Å². The standard InChI is InChI=1S/C12H16N2O3/c1-14(9-4-6-17-7-5-9)10-2-3-11(12(15)16)13-8-10/h2-3,8-9H,4-7H2,1H3,(H,15,16). The van der Waals surface area contributed by atoms with Gasteiger partial charge in [-0.1, -0.05) is 0 Å². The van der Waals surface area contributed by atoms with Crippen LogP contribution < -0.4 is 4.90 Å². The average molecular weight is 236 g/mol. The van der Waals surface area contributed by atoms with E-state index in [1.54, 1.807) is 12.3 Å². The molecule has 0 saturated carbocycles. The first-order valence-corrected chi connectivity index (χ1v) is 5.68. The van der Waals surface area contributed by atoms with Crippen LogP contribution in [0, 0.1) is 0 Å². The highest BCUT2D eigenvalue weighted by atomic mass is 16.5. The summed E-state index contributed by atoms with van der Waals surface area (Å²) in [5.74, 6) is -0.995. The van der Waals surface area contributed by atoms with Crippen molar-refractivity contribution in [3.05, 3.63) is 24.0 Å². The van der Waals surface area contributed by atoms with Crippen LogP contribution in [0.2, 0.25) is 0 Å². The molecule has 0 atom stereocenters. The molecule has 1 aliphatic rings. The molecule has 1 aromatic heterocycles. The van der Waals surface area contributed by atoms with Gasteiger partial charge in [0.15, 0.2) is 0 Å². The second-order valence-corrected chi connectivity index (χ2v) is 4.16. The van der Waals surface area contributed by atoms with Crippen LogP contribution in [0.15, 0.2) is 18.3 Å². The van der Waals surface area contributed by atoms with Crippen molar-refractivity contribution in [2.24, 2.45) is 0 Å². The molecule has 1 N–H and O–H groups in total. The zero-order chi connectivity index (χ0) is 12.3. The summed E-state index contributed by atoms with van der Waals surface area (Å²) in [5, 5.41) is 8.77. The van der Waals surface area contributed by atoms with Crippen molar-refractivity contribution < 1.29 is 14.6 Å². The van der Waals surface area contributed by atoms with E-state index in [4.69, 9.17) is 9.84 Å². The Morgan fingerprint density at radius 1 is 1.47 bits per heavy atom. The Bertz CT molecular complexity index is 385. The molecule has 1 aliphatic heterocycles. The maximum absolute atomic E-state index is 10.7. The first kappa shape index (κ1) is 11.9. The summed E-state index contributed by atoms with van der Waals surface area (Å²) in [4.78, 5) is 16.8. The highest BCUT2D eigenvalue weighted by Gasteiger charge is 2.19. The molecule has 1 fully saturated rings. The number of hydrogen-bond acceptors (Lipinski definition) is 4. The quantitative estimate of drug-likeness (QED) is 0.859. The van der Waals surface area contributed by atoms with Crippen LogP contribution in [0.3, 0.4) is 0 Å². The number of aromatic nitrogens is 1. The number of rotatable bonds is 3. The summed E-state index contributed by atoms with van der Waals surface area (Å²) in [6.07, 6.45) is 3.60. The Balaban J connectivity index is 2.07. The van der Waals surface area contributed by atoms with Crippen LogP contribution >= 0.6 is 0 Å². The van der Waals surface area contributed by atoms with Crippen molar-refractivity contribution in [3.63, 3.8) is 0 Å². The largest absolute Gasteiger partial charge is 0.477 e. The van der Waals surface area contributed by atoms with Crippen molar-refractivity contribution in [2.75, 3.05) is 25.2 Å². The van der Waals surface area contributed by atoms with Crippen molar-refractivity contribution in [1.29, 1.82) is 0 Å². The van der Waals surface area contributed by atoms with Crippen molar-refractivity contribution >= 4 is 11.7 Å². The maximum atomic E-state index is 10.7. The predicted octanol–water partition coefficient (Wildman–Crippen LogP) is 1.40. The Kier molecular flexibility index (Phi) is 3.58. The molecule has 0 spiro atoms. The molecule has 0 unspecified atom stereocenters. The van der Waals surface area contributed by atoms with E-state index in [-0.39, 0.29) is 5.69 Å². The Labute approximate surface area is 100 Å². The molecule has 2 heterocycles. The minimum Gasteiger partial charge on any atom is -0.477 e. The summed E-state index contributed by atoms with van der Waals surface area (Å²) < 4.78 is 5.32. The van der Waals surface area contributed by atoms with Gasteiger partial charge in [0, 0.05) is 26.3 Å². The summed E-state index contributed by atoms with van der Waals surface area (Å²) >= 11 is 0. The van der Waals surface area contributed by atoms with Gasteiger partial charge < -0.3 is 14.7 Å². The van der Waals surface area contributed by atoms with Crippen LogP contribution in [0.5, 0.6) is 0 Å². The van der Waals surface area contributed by atoms with Gasteiger partial charge in [0.2, 0.25) is 0 Å². The third-order valence-electron chi connectivity index (χ3n) is 3.11. The second-order valence-electron chi connectivity index (χ2n) is 4.16. The van der Waals surface area contributed by atoms with Crippen LogP contribution in [0.25, 0.3) is 0 Å². The number of carbonyl (C=O) groups is 1. The topological polar surface area (TPSA) is 62.7 Å². The Hall–Kier alpha value is -1.62. The van der Waals surface area contributed by atoms with Gasteiger partial charge in [-0.2, -0.15) is 0 Å². The lowest BCUT2D eigenvalue weighted by Gasteiger charge is -2.32. The molecule has 17 heavy (non-hydrogen) atoms. The number of hydrogen-bond donors (Lipinski definition) is 1. The van der Waals surface area contributed by atoms with E-state index in [1.807, 2.05) is 7.05 Å². The SMILES string of the molecule is CN(c1ccc(C(=O)O)nc1)C1CCOCC1. The number of nitrogens with zero attached hydrogens (tertiary/aromatic N) is 2. The van der Waals surface area contributed by atoms with E-state index in [9.17, 15) is 4.79 Å². The van der Waals surface area contributed by atoms with E-state index in [1.165, 1.54) is 6.07 Å². The summed E-state index contributed by atoms with van der Waals surface area (Å²) in [5.41, 5.74) is 1.02. The second kappa shape index (κ2) is 5.14. The molecule has 0 aliphatic carbocycles. The number of aromatic carboxylic acids is 1. The smallest absolute Gasteiger partial charge is 0.354 e. The van der Waals surface area contributed by atoms with Gasteiger partial charge in [0.25, 0.3) is 0 Å². The van der Waals surface area contributed by atoms with Gasteiger partial charge in [0.1, 0.15) is 5.69 Å². The van der Waals surface area contributed by atoms with E-state index < -0.39 is 5.97 Å². The molecule has 1 saturated heterocycles. The predicted molar refractivity (Wildman–Crippen MR) is 63.4 cm³/mol. The van der Waals surface area contributed by atoms with Gasteiger partial charge in [-0.3, -0.25) is 0 Å². The number of pyridine rings is 1. The molecule has 92 valence electrons. The number of carboxylic acids is 1. The zero-order valence-corrected chi connectivity index (χ0v) is 9.80. The summed E-state index contributed by atoms with van der Waals surface area (Å²) in [6, 6.07) is 3.78. The molecule has 0 bridgehead atoms. The molecule has 1 aromatic rings. The zero-order valence-electron chi connectivity index (χ0n) is 9.80. The highest BCUT2D eigenvalue weighted by Crippen LogP contribution is 2.20. The van der Waals surface area contributed by atoms with Gasteiger partial charge in [-0.25, -0.2) is 9.78 Å². The van der Waals surface area contributed by atoms with Crippen molar-refractivity contribution in [1.82, 2.24) is 4.98 Å². The fraction of sp³-hybridized carbons (Fsp3) is 0.500. The minimum absolute atomic E-state index is 0.0779. The first-order chi connectivity index (χ1) is 8.18.